The molecular weight excluding hydrogens is 419 g/mol. The van der Waals surface area contributed by atoms with Crippen molar-refractivity contribution in [3.05, 3.63) is 65.9 Å². The van der Waals surface area contributed by atoms with E-state index in [-0.39, 0.29) is 5.91 Å². The third kappa shape index (κ3) is 4.64. The quantitative estimate of drug-likeness (QED) is 0.569. The molecule has 1 saturated heterocycles. The molecule has 2 aromatic carbocycles. The van der Waals surface area contributed by atoms with E-state index >= 15 is 0 Å². The van der Waals surface area contributed by atoms with Gasteiger partial charge in [-0.05, 0) is 48.4 Å². The molecule has 32 heavy (non-hydrogen) atoms. The van der Waals surface area contributed by atoms with Gasteiger partial charge in [0.25, 0.3) is 5.91 Å². The molecule has 168 valence electrons. The Labute approximate surface area is 184 Å². The number of fused-ring (bicyclic) bond motifs is 1. The first-order chi connectivity index (χ1) is 15.4. The molecule has 0 atom stereocenters. The summed E-state index contributed by atoms with van der Waals surface area (Å²) in [5, 5.41) is 1.97. The van der Waals surface area contributed by atoms with Gasteiger partial charge in [0.2, 0.25) is 0 Å². The van der Waals surface area contributed by atoms with Crippen molar-refractivity contribution in [1.82, 2.24) is 9.88 Å². The molecule has 1 aromatic heterocycles. The Morgan fingerprint density at radius 2 is 1.78 bits per heavy atom. The lowest BCUT2D eigenvalue weighted by Gasteiger charge is -2.24. The molecule has 0 spiro atoms. The molecule has 8 heteroatoms. The number of pyridine rings is 1. The van der Waals surface area contributed by atoms with E-state index in [1.54, 1.807) is 4.90 Å². The number of benzene rings is 2. The first kappa shape index (κ1) is 21.9. The summed E-state index contributed by atoms with van der Waals surface area (Å²) in [5.74, 6) is 0.927. The first-order valence-corrected chi connectivity index (χ1v) is 10.6. The van der Waals surface area contributed by atoms with Crippen molar-refractivity contribution in [1.29, 1.82) is 0 Å². The highest BCUT2D eigenvalue weighted by Gasteiger charge is 2.31. The van der Waals surface area contributed by atoms with E-state index in [2.05, 4.69) is 4.98 Å². The molecule has 0 N–H and O–H groups in total. The maximum absolute atomic E-state index is 13.4. The van der Waals surface area contributed by atoms with Crippen molar-refractivity contribution in [2.75, 3.05) is 37.7 Å². The Morgan fingerprint density at radius 3 is 2.44 bits per heavy atom. The number of nitrogens with zero attached hydrogens (tertiary/aromatic N) is 3. The van der Waals surface area contributed by atoms with Crippen LogP contribution in [-0.4, -0.2) is 48.6 Å². The third-order valence-electron chi connectivity index (χ3n) is 5.56. The zero-order valence-corrected chi connectivity index (χ0v) is 17.7. The smallest absolute Gasteiger partial charge is 0.417 e. The SMILES string of the molecule is CCOc1cc2ccccc2cc1C(=O)N1CCCN(c2ccc(C(F)(F)F)cn2)CC1. The largest absolute Gasteiger partial charge is 0.493 e. The maximum Gasteiger partial charge on any atom is 0.417 e. The van der Waals surface area contributed by atoms with E-state index in [1.165, 1.54) is 6.07 Å². The number of anilines is 1. The summed E-state index contributed by atoms with van der Waals surface area (Å²) in [5.41, 5.74) is -0.251. The van der Waals surface area contributed by atoms with Crippen molar-refractivity contribution >= 4 is 22.5 Å². The van der Waals surface area contributed by atoms with Crippen LogP contribution in [0.1, 0.15) is 29.3 Å². The molecule has 1 aliphatic rings. The van der Waals surface area contributed by atoms with Crippen LogP contribution in [0.4, 0.5) is 19.0 Å². The standard InChI is InChI=1S/C24H24F3N3O2/c1-2-32-21-15-18-7-4-3-6-17(18)14-20(21)23(31)30-11-5-10-29(12-13-30)22-9-8-19(16-28-22)24(25,26)27/h3-4,6-9,14-16H,2,5,10-13H2,1H3. The summed E-state index contributed by atoms with van der Waals surface area (Å²) in [4.78, 5) is 21.1. The van der Waals surface area contributed by atoms with E-state index in [0.717, 1.165) is 23.0 Å². The van der Waals surface area contributed by atoms with Crippen molar-refractivity contribution in [3.8, 4) is 5.75 Å². The number of halogens is 3. The van der Waals surface area contributed by atoms with Crippen LogP contribution in [0.3, 0.4) is 0 Å². The number of carbonyl (C=O) groups excluding carboxylic acids is 1. The predicted molar refractivity (Wildman–Crippen MR) is 117 cm³/mol. The minimum Gasteiger partial charge on any atom is -0.493 e. The number of rotatable bonds is 4. The summed E-state index contributed by atoms with van der Waals surface area (Å²) in [6.45, 7) is 4.42. The Balaban J connectivity index is 1.52. The van der Waals surface area contributed by atoms with Crippen LogP contribution < -0.4 is 9.64 Å². The lowest BCUT2D eigenvalue weighted by molar-refractivity contribution is -0.137. The fourth-order valence-corrected chi connectivity index (χ4v) is 3.92. The van der Waals surface area contributed by atoms with E-state index < -0.39 is 11.7 Å². The lowest BCUT2D eigenvalue weighted by atomic mass is 10.0. The number of hydrogen-bond donors (Lipinski definition) is 0. The second kappa shape index (κ2) is 9.06. The minimum atomic E-state index is -4.41. The monoisotopic (exact) mass is 443 g/mol. The summed E-state index contributed by atoms with van der Waals surface area (Å²) >= 11 is 0. The van der Waals surface area contributed by atoms with Gasteiger partial charge in [-0.1, -0.05) is 24.3 Å². The van der Waals surface area contributed by atoms with Crippen LogP contribution in [0, 0.1) is 0 Å². The van der Waals surface area contributed by atoms with E-state index in [1.807, 2.05) is 48.2 Å². The summed E-state index contributed by atoms with van der Waals surface area (Å²) in [6.07, 6.45) is -2.87. The van der Waals surface area contributed by atoms with Crippen LogP contribution in [0.2, 0.25) is 0 Å². The van der Waals surface area contributed by atoms with Crippen molar-refractivity contribution in [2.45, 2.75) is 19.5 Å². The molecule has 0 bridgehead atoms. The van der Waals surface area contributed by atoms with Crippen LogP contribution >= 0.6 is 0 Å². The molecule has 3 aromatic rings. The molecule has 2 heterocycles. The van der Waals surface area contributed by atoms with Crippen molar-refractivity contribution in [2.24, 2.45) is 0 Å². The van der Waals surface area contributed by atoms with Gasteiger partial charge in [0.1, 0.15) is 11.6 Å². The predicted octanol–water partition coefficient (Wildman–Crippen LogP) is 5.00. The fraction of sp³-hybridized carbons (Fsp3) is 0.333. The topological polar surface area (TPSA) is 45.7 Å². The molecule has 5 nitrogen and oxygen atoms in total. The molecule has 1 aliphatic heterocycles. The van der Waals surface area contributed by atoms with Crippen LogP contribution in [0.25, 0.3) is 10.8 Å². The number of aromatic nitrogens is 1. The molecule has 0 radical (unpaired) electrons. The minimum absolute atomic E-state index is 0.110. The van der Waals surface area contributed by atoms with Crippen LogP contribution in [0.5, 0.6) is 5.75 Å². The highest BCUT2D eigenvalue weighted by Crippen LogP contribution is 2.30. The Kier molecular flexibility index (Phi) is 6.21. The fourth-order valence-electron chi connectivity index (χ4n) is 3.92. The maximum atomic E-state index is 13.4. The summed E-state index contributed by atoms with van der Waals surface area (Å²) in [6, 6.07) is 14.0. The molecule has 0 aliphatic carbocycles. The number of carbonyl (C=O) groups is 1. The van der Waals surface area contributed by atoms with Gasteiger partial charge in [0, 0.05) is 32.4 Å². The van der Waals surface area contributed by atoms with Gasteiger partial charge >= 0.3 is 6.18 Å². The molecule has 4 rings (SSSR count). The Bertz CT molecular complexity index is 1100. The molecular formula is C24H24F3N3O2. The molecule has 1 amide bonds. The van der Waals surface area contributed by atoms with Gasteiger partial charge in [-0.15, -0.1) is 0 Å². The Morgan fingerprint density at radius 1 is 1.03 bits per heavy atom. The number of ether oxygens (including phenoxy) is 1. The second-order valence-electron chi connectivity index (χ2n) is 7.66. The highest BCUT2D eigenvalue weighted by atomic mass is 19.4. The normalized spacial score (nSPS) is 15.0. The van der Waals surface area contributed by atoms with Gasteiger partial charge in [-0.2, -0.15) is 13.2 Å². The number of alkyl halides is 3. The summed E-state index contributed by atoms with van der Waals surface area (Å²) < 4.78 is 44.2. The van der Waals surface area contributed by atoms with Crippen molar-refractivity contribution in [3.63, 3.8) is 0 Å². The van der Waals surface area contributed by atoms with E-state index in [9.17, 15) is 18.0 Å². The average Bonchev–Trinajstić information content (AvgIpc) is 3.04. The lowest BCUT2D eigenvalue weighted by Crippen LogP contribution is -2.35. The van der Waals surface area contributed by atoms with Gasteiger partial charge in [0.15, 0.2) is 0 Å². The van der Waals surface area contributed by atoms with Gasteiger partial charge in [-0.25, -0.2) is 4.98 Å². The van der Waals surface area contributed by atoms with Crippen molar-refractivity contribution < 1.29 is 22.7 Å². The summed E-state index contributed by atoms with van der Waals surface area (Å²) in [7, 11) is 0. The van der Waals surface area contributed by atoms with Gasteiger partial charge < -0.3 is 14.5 Å². The van der Waals surface area contributed by atoms with E-state index in [0.29, 0.717) is 56.3 Å². The zero-order valence-electron chi connectivity index (χ0n) is 17.7. The second-order valence-corrected chi connectivity index (χ2v) is 7.66. The third-order valence-corrected chi connectivity index (χ3v) is 5.56. The van der Waals surface area contributed by atoms with Crippen LogP contribution in [0.15, 0.2) is 54.7 Å². The first-order valence-electron chi connectivity index (χ1n) is 10.6. The van der Waals surface area contributed by atoms with E-state index in [4.69, 9.17) is 4.74 Å². The average molecular weight is 443 g/mol. The zero-order chi connectivity index (χ0) is 22.7. The highest BCUT2D eigenvalue weighted by molar-refractivity contribution is 6.01. The Hall–Kier alpha value is -3.29. The van der Waals surface area contributed by atoms with Gasteiger partial charge in [0.05, 0.1) is 17.7 Å². The number of hydrogen-bond acceptors (Lipinski definition) is 4. The molecule has 0 saturated carbocycles. The van der Waals surface area contributed by atoms with Gasteiger partial charge in [-0.3, -0.25) is 4.79 Å². The molecule has 0 unspecified atom stereocenters. The number of amides is 1. The van der Waals surface area contributed by atoms with Crippen LogP contribution in [-0.2, 0) is 6.18 Å². The molecule has 1 fully saturated rings.